The van der Waals surface area contributed by atoms with Crippen LogP contribution in [0.15, 0.2) is 72.8 Å². The molecule has 1 unspecified atom stereocenters. The van der Waals surface area contributed by atoms with Gasteiger partial charge in [-0.2, -0.15) is 5.26 Å². The second kappa shape index (κ2) is 7.48. The van der Waals surface area contributed by atoms with E-state index in [0.717, 1.165) is 12.0 Å². The number of urea groups is 1. The van der Waals surface area contributed by atoms with Crippen LogP contribution in [0, 0.1) is 24.8 Å². The topological polar surface area (TPSA) is 71.9 Å². The molecule has 0 aromatic heterocycles. The summed E-state index contributed by atoms with van der Waals surface area (Å²) in [5.41, 5.74) is 1.32. The summed E-state index contributed by atoms with van der Waals surface area (Å²) >= 11 is 0. The average Bonchev–Trinajstić information content (AvgIpc) is 3.03. The molecule has 1 aliphatic carbocycles. The first-order chi connectivity index (χ1) is 15.9. The molecule has 6 heteroatoms. The first-order valence-corrected chi connectivity index (χ1v) is 10.9. The van der Waals surface area contributed by atoms with E-state index in [4.69, 9.17) is 6.57 Å². The van der Waals surface area contributed by atoms with Gasteiger partial charge >= 0.3 is 6.03 Å². The van der Waals surface area contributed by atoms with E-state index in [1.807, 2.05) is 31.2 Å². The van der Waals surface area contributed by atoms with Crippen LogP contribution >= 0.6 is 0 Å². The van der Waals surface area contributed by atoms with Gasteiger partial charge in [0.05, 0.1) is 18.2 Å². The molecule has 162 valence electrons. The Morgan fingerprint density at radius 2 is 1.64 bits per heavy atom. The van der Waals surface area contributed by atoms with Crippen molar-refractivity contribution < 1.29 is 9.90 Å². The van der Waals surface area contributed by atoms with E-state index in [1.54, 1.807) is 53.4 Å². The zero-order valence-corrected chi connectivity index (χ0v) is 18.2. The fraction of sp³-hybridized carbons (Fsp3) is 0.222. The Kier molecular flexibility index (Phi) is 4.70. The maximum atomic E-state index is 14.1. The van der Waals surface area contributed by atoms with Crippen LogP contribution in [0.25, 0.3) is 4.85 Å². The standard InChI is InChI=1S/C27H22N4O2/c1-19-5-3-6-21(17-19)27(33)26(15-4-16-26)30(23-11-7-20(18-28)8-12-23)25(32)31(27)24-13-9-22(29-2)10-14-24/h3,5-14,17,33H,4,15-16H2,1H3. The molecule has 33 heavy (non-hydrogen) atoms. The number of nitriles is 1. The summed E-state index contributed by atoms with van der Waals surface area (Å²) in [7, 11) is 0. The minimum Gasteiger partial charge on any atom is -0.364 e. The largest absolute Gasteiger partial charge is 0.364 e. The van der Waals surface area contributed by atoms with Crippen LogP contribution in [0.1, 0.15) is 36.0 Å². The van der Waals surface area contributed by atoms with E-state index in [2.05, 4.69) is 10.9 Å². The monoisotopic (exact) mass is 434 g/mol. The van der Waals surface area contributed by atoms with Crippen LogP contribution in [-0.4, -0.2) is 16.7 Å². The number of hydrogen-bond acceptors (Lipinski definition) is 3. The van der Waals surface area contributed by atoms with Crippen molar-refractivity contribution in [1.29, 1.82) is 5.26 Å². The van der Waals surface area contributed by atoms with Gasteiger partial charge in [0.2, 0.25) is 0 Å². The van der Waals surface area contributed by atoms with E-state index in [1.165, 1.54) is 4.90 Å². The molecule has 0 radical (unpaired) electrons. The van der Waals surface area contributed by atoms with Crippen molar-refractivity contribution in [3.63, 3.8) is 0 Å². The zero-order valence-electron chi connectivity index (χ0n) is 18.2. The quantitative estimate of drug-likeness (QED) is 0.543. The number of hydrogen-bond donors (Lipinski definition) is 1. The van der Waals surface area contributed by atoms with Gasteiger partial charge < -0.3 is 5.11 Å². The molecule has 0 bridgehead atoms. The van der Waals surface area contributed by atoms with Gasteiger partial charge in [0.15, 0.2) is 11.4 Å². The lowest BCUT2D eigenvalue weighted by molar-refractivity contribution is -0.0525. The molecule has 1 heterocycles. The fourth-order valence-corrected chi connectivity index (χ4v) is 5.15. The number of carbonyl (C=O) groups excluding carboxylic acids is 1. The molecule has 1 N–H and O–H groups in total. The summed E-state index contributed by atoms with van der Waals surface area (Å²) < 4.78 is 0. The summed E-state index contributed by atoms with van der Waals surface area (Å²) in [6.07, 6.45) is 2.17. The van der Waals surface area contributed by atoms with Crippen LogP contribution in [0.2, 0.25) is 0 Å². The molecular formula is C27H22N4O2. The van der Waals surface area contributed by atoms with Gasteiger partial charge in [-0.25, -0.2) is 9.64 Å². The zero-order chi connectivity index (χ0) is 23.2. The molecular weight excluding hydrogens is 412 g/mol. The van der Waals surface area contributed by atoms with Crippen molar-refractivity contribution in [3.8, 4) is 6.07 Å². The first kappa shape index (κ1) is 20.8. The summed E-state index contributed by atoms with van der Waals surface area (Å²) in [6, 6.07) is 23.1. The molecule has 3 aromatic rings. The third-order valence-electron chi connectivity index (χ3n) is 6.88. The number of carbonyl (C=O) groups is 1. The van der Waals surface area contributed by atoms with Gasteiger partial charge in [-0.05, 0) is 62.6 Å². The molecule has 6 nitrogen and oxygen atoms in total. The van der Waals surface area contributed by atoms with Crippen LogP contribution in [0.5, 0.6) is 0 Å². The van der Waals surface area contributed by atoms with E-state index in [-0.39, 0.29) is 6.03 Å². The Hall–Kier alpha value is -4.13. The Labute approximate surface area is 192 Å². The van der Waals surface area contributed by atoms with Crippen molar-refractivity contribution in [1.82, 2.24) is 0 Å². The Balaban J connectivity index is 1.74. The average molecular weight is 434 g/mol. The highest BCUT2D eigenvalue weighted by molar-refractivity contribution is 6.09. The minimum absolute atomic E-state index is 0.334. The predicted octanol–water partition coefficient (Wildman–Crippen LogP) is 5.63. The maximum absolute atomic E-state index is 14.1. The van der Waals surface area contributed by atoms with Crippen LogP contribution in [0.3, 0.4) is 0 Å². The summed E-state index contributed by atoms with van der Waals surface area (Å²) in [6.45, 7) is 9.21. The number of nitrogens with zero attached hydrogens (tertiary/aromatic N) is 4. The molecule has 2 amide bonds. The van der Waals surface area contributed by atoms with Gasteiger partial charge in [-0.1, -0.05) is 42.0 Å². The highest BCUT2D eigenvalue weighted by Crippen LogP contribution is 2.59. The minimum atomic E-state index is -1.61. The summed E-state index contributed by atoms with van der Waals surface area (Å²) in [4.78, 5) is 20.7. The molecule has 1 saturated carbocycles. The molecule has 1 aliphatic heterocycles. The Bertz CT molecular complexity index is 1310. The number of aliphatic hydroxyl groups is 1. The molecule has 1 atom stereocenters. The highest BCUT2D eigenvalue weighted by Gasteiger charge is 2.70. The van der Waals surface area contributed by atoms with Crippen molar-refractivity contribution in [3.05, 3.63) is 101 Å². The second-order valence-electron chi connectivity index (χ2n) is 8.67. The lowest BCUT2D eigenvalue weighted by atomic mass is 9.66. The van der Waals surface area contributed by atoms with E-state index in [0.29, 0.717) is 41.0 Å². The number of anilines is 2. The molecule has 2 fully saturated rings. The van der Waals surface area contributed by atoms with Crippen molar-refractivity contribution in [2.45, 2.75) is 37.5 Å². The Morgan fingerprint density at radius 3 is 2.18 bits per heavy atom. The summed E-state index contributed by atoms with van der Waals surface area (Å²) in [5.74, 6) is 0. The van der Waals surface area contributed by atoms with E-state index >= 15 is 0 Å². The lowest BCUT2D eigenvalue weighted by Gasteiger charge is -2.52. The SMILES string of the molecule is [C-]#[N+]c1ccc(N2C(=O)N(c3ccc(C#N)cc3)C3(CCC3)C2(O)c2cccc(C)c2)cc1. The molecule has 2 aliphatic rings. The van der Waals surface area contributed by atoms with Crippen molar-refractivity contribution in [2.75, 3.05) is 9.80 Å². The van der Waals surface area contributed by atoms with Crippen molar-refractivity contribution in [2.24, 2.45) is 0 Å². The number of rotatable bonds is 3. The molecule has 1 spiro atoms. The van der Waals surface area contributed by atoms with Gasteiger partial charge in [0.25, 0.3) is 0 Å². The number of benzene rings is 3. The van der Waals surface area contributed by atoms with Gasteiger partial charge in [-0.15, -0.1) is 0 Å². The predicted molar refractivity (Wildman–Crippen MR) is 126 cm³/mol. The fourth-order valence-electron chi connectivity index (χ4n) is 5.15. The molecule has 5 rings (SSSR count). The maximum Gasteiger partial charge on any atom is 0.332 e. The Morgan fingerprint density at radius 1 is 1.00 bits per heavy atom. The molecule has 1 saturated heterocycles. The first-order valence-electron chi connectivity index (χ1n) is 10.9. The smallest absolute Gasteiger partial charge is 0.332 e. The van der Waals surface area contributed by atoms with Gasteiger partial charge in [0, 0.05) is 16.9 Å². The summed E-state index contributed by atoms with van der Waals surface area (Å²) in [5, 5.41) is 21.7. The van der Waals surface area contributed by atoms with Gasteiger partial charge in [-0.3, -0.25) is 9.80 Å². The second-order valence-corrected chi connectivity index (χ2v) is 8.67. The van der Waals surface area contributed by atoms with E-state index in [9.17, 15) is 15.2 Å². The van der Waals surface area contributed by atoms with Crippen LogP contribution in [0.4, 0.5) is 21.9 Å². The highest BCUT2D eigenvalue weighted by atomic mass is 16.3. The van der Waals surface area contributed by atoms with Gasteiger partial charge in [0.1, 0.15) is 5.54 Å². The number of aryl methyl sites for hydroxylation is 1. The van der Waals surface area contributed by atoms with Crippen molar-refractivity contribution >= 4 is 23.1 Å². The van der Waals surface area contributed by atoms with Crippen LogP contribution < -0.4 is 9.80 Å². The van der Waals surface area contributed by atoms with Crippen LogP contribution in [-0.2, 0) is 5.72 Å². The van der Waals surface area contributed by atoms with E-state index < -0.39 is 11.3 Å². The number of amides is 2. The molecule has 3 aromatic carbocycles. The normalized spacial score (nSPS) is 20.9. The third-order valence-corrected chi connectivity index (χ3v) is 6.88. The lowest BCUT2D eigenvalue weighted by Crippen LogP contribution is -2.63. The third kappa shape index (κ3) is 2.85.